The normalized spacial score (nSPS) is 19.3. The second-order valence-corrected chi connectivity index (χ2v) is 2.68. The molecule has 0 spiro atoms. The van der Waals surface area contributed by atoms with Gasteiger partial charge in [-0.15, -0.1) is 0 Å². The highest BCUT2D eigenvalue weighted by Crippen LogP contribution is 2.30. The Kier molecular flexibility index (Phi) is 1.55. The average molecular weight is 165 g/mol. The van der Waals surface area contributed by atoms with Crippen LogP contribution in [0.5, 0.6) is 5.75 Å². The van der Waals surface area contributed by atoms with E-state index < -0.39 is 0 Å². The third-order valence-electron chi connectivity index (χ3n) is 1.85. The maximum atomic E-state index is 5.61. The van der Waals surface area contributed by atoms with Crippen molar-refractivity contribution in [1.82, 2.24) is 0 Å². The van der Waals surface area contributed by atoms with Gasteiger partial charge in [-0.1, -0.05) is 0 Å². The summed E-state index contributed by atoms with van der Waals surface area (Å²) in [6.45, 7) is 0. The molecular formula is C8H11N3O. The summed E-state index contributed by atoms with van der Waals surface area (Å²) in [5, 5.41) is 6.12. The Morgan fingerprint density at radius 2 is 2.08 bits per heavy atom. The first-order chi connectivity index (χ1) is 5.79. The maximum Gasteiger partial charge on any atom is 0.150 e. The topological polar surface area (TPSA) is 59.3 Å². The molecule has 1 aliphatic heterocycles. The minimum absolute atomic E-state index is 0.188. The zero-order valence-electron chi connectivity index (χ0n) is 6.79. The van der Waals surface area contributed by atoms with Gasteiger partial charge in [-0.05, 0) is 12.1 Å². The molecular weight excluding hydrogens is 154 g/mol. The Labute approximate surface area is 70.7 Å². The van der Waals surface area contributed by atoms with Crippen LogP contribution in [0.25, 0.3) is 0 Å². The van der Waals surface area contributed by atoms with Gasteiger partial charge in [0.05, 0.1) is 18.5 Å². The number of methoxy groups -OCH3 is 1. The fraction of sp³-hybridized carbons (Fsp3) is 0.250. The molecule has 0 radical (unpaired) electrons. The van der Waals surface area contributed by atoms with E-state index in [1.807, 2.05) is 18.2 Å². The summed E-state index contributed by atoms with van der Waals surface area (Å²) in [6.07, 6.45) is -0.188. The third-order valence-corrected chi connectivity index (χ3v) is 1.85. The number of nitrogens with two attached hydrogens (primary N) is 1. The molecule has 0 aliphatic carbocycles. The van der Waals surface area contributed by atoms with E-state index in [2.05, 4.69) is 10.6 Å². The molecule has 0 bridgehead atoms. The van der Waals surface area contributed by atoms with Crippen molar-refractivity contribution in [2.45, 2.75) is 6.29 Å². The van der Waals surface area contributed by atoms with E-state index in [-0.39, 0.29) is 6.29 Å². The molecule has 4 N–H and O–H groups in total. The molecule has 4 nitrogen and oxygen atoms in total. The highest BCUT2D eigenvalue weighted by Gasteiger charge is 2.15. The van der Waals surface area contributed by atoms with Crippen LogP contribution in [0.3, 0.4) is 0 Å². The number of ether oxygens (including phenoxy) is 1. The maximum absolute atomic E-state index is 5.61. The van der Waals surface area contributed by atoms with Crippen molar-refractivity contribution in [3.05, 3.63) is 18.2 Å². The van der Waals surface area contributed by atoms with E-state index >= 15 is 0 Å². The molecule has 1 aromatic rings. The van der Waals surface area contributed by atoms with Crippen molar-refractivity contribution >= 4 is 11.4 Å². The zero-order valence-corrected chi connectivity index (χ0v) is 6.79. The van der Waals surface area contributed by atoms with Gasteiger partial charge in [0, 0.05) is 6.07 Å². The minimum Gasteiger partial charge on any atom is -0.497 e. The van der Waals surface area contributed by atoms with Gasteiger partial charge in [0.15, 0.2) is 6.29 Å². The lowest BCUT2D eigenvalue weighted by Crippen LogP contribution is -2.31. The standard InChI is InChI=1S/C8H11N3O/c1-12-5-2-3-6-7(4-5)11-8(9)10-6/h2-4,8,10-11H,9H2,1H3. The summed E-state index contributed by atoms with van der Waals surface area (Å²) in [4.78, 5) is 0. The van der Waals surface area contributed by atoms with Crippen molar-refractivity contribution in [1.29, 1.82) is 0 Å². The average Bonchev–Trinajstić information content (AvgIpc) is 2.43. The van der Waals surface area contributed by atoms with Crippen LogP contribution in [0.2, 0.25) is 0 Å². The van der Waals surface area contributed by atoms with Crippen LogP contribution in [0.15, 0.2) is 18.2 Å². The van der Waals surface area contributed by atoms with Crippen molar-refractivity contribution < 1.29 is 4.74 Å². The number of benzene rings is 1. The molecule has 0 saturated heterocycles. The molecule has 1 aromatic carbocycles. The van der Waals surface area contributed by atoms with Crippen molar-refractivity contribution in [3.63, 3.8) is 0 Å². The molecule has 2 rings (SSSR count). The van der Waals surface area contributed by atoms with Crippen LogP contribution in [0.4, 0.5) is 11.4 Å². The van der Waals surface area contributed by atoms with E-state index in [0.717, 1.165) is 17.1 Å². The number of hydrogen-bond acceptors (Lipinski definition) is 4. The summed E-state index contributed by atoms with van der Waals surface area (Å²) in [6, 6.07) is 5.74. The Morgan fingerprint density at radius 3 is 2.83 bits per heavy atom. The van der Waals surface area contributed by atoms with Gasteiger partial charge < -0.3 is 15.4 Å². The van der Waals surface area contributed by atoms with Gasteiger partial charge in [-0.2, -0.15) is 0 Å². The lowest BCUT2D eigenvalue weighted by atomic mass is 10.2. The molecule has 1 aliphatic rings. The van der Waals surface area contributed by atoms with Crippen molar-refractivity contribution in [3.8, 4) is 5.75 Å². The molecule has 4 heteroatoms. The minimum atomic E-state index is -0.188. The molecule has 0 saturated carbocycles. The number of anilines is 2. The second-order valence-electron chi connectivity index (χ2n) is 2.68. The smallest absolute Gasteiger partial charge is 0.150 e. The Balaban J connectivity index is 2.35. The van der Waals surface area contributed by atoms with Crippen LogP contribution >= 0.6 is 0 Å². The number of rotatable bonds is 1. The van der Waals surface area contributed by atoms with E-state index in [4.69, 9.17) is 10.5 Å². The third kappa shape index (κ3) is 1.06. The highest BCUT2D eigenvalue weighted by atomic mass is 16.5. The fourth-order valence-corrected chi connectivity index (χ4v) is 1.27. The van der Waals surface area contributed by atoms with Gasteiger partial charge in [0.2, 0.25) is 0 Å². The zero-order chi connectivity index (χ0) is 8.55. The molecule has 1 unspecified atom stereocenters. The van der Waals surface area contributed by atoms with Crippen molar-refractivity contribution in [2.75, 3.05) is 17.7 Å². The summed E-state index contributed by atoms with van der Waals surface area (Å²) in [5.41, 5.74) is 7.62. The highest BCUT2D eigenvalue weighted by molar-refractivity contribution is 5.75. The van der Waals surface area contributed by atoms with E-state index in [0.29, 0.717) is 0 Å². The molecule has 0 fully saturated rings. The molecule has 1 heterocycles. The van der Waals surface area contributed by atoms with Gasteiger partial charge in [-0.25, -0.2) is 0 Å². The van der Waals surface area contributed by atoms with Crippen LogP contribution in [-0.2, 0) is 0 Å². The summed E-state index contributed by atoms with van der Waals surface area (Å²) >= 11 is 0. The monoisotopic (exact) mass is 165 g/mol. The van der Waals surface area contributed by atoms with E-state index in [1.165, 1.54) is 0 Å². The van der Waals surface area contributed by atoms with Crippen LogP contribution in [0.1, 0.15) is 0 Å². The predicted octanol–water partition coefficient (Wildman–Crippen LogP) is 0.775. The SMILES string of the molecule is COc1ccc2c(c1)NC(N)N2. The van der Waals surface area contributed by atoms with Gasteiger partial charge in [0.25, 0.3) is 0 Å². The van der Waals surface area contributed by atoms with Crippen molar-refractivity contribution in [2.24, 2.45) is 5.73 Å². The van der Waals surface area contributed by atoms with Crippen LogP contribution < -0.4 is 21.1 Å². The summed E-state index contributed by atoms with van der Waals surface area (Å²) < 4.78 is 5.07. The van der Waals surface area contributed by atoms with Crippen LogP contribution in [0, 0.1) is 0 Å². The number of fused-ring (bicyclic) bond motifs is 1. The molecule has 0 amide bonds. The Hall–Kier alpha value is -1.42. The fourth-order valence-electron chi connectivity index (χ4n) is 1.27. The second kappa shape index (κ2) is 2.57. The summed E-state index contributed by atoms with van der Waals surface area (Å²) in [7, 11) is 1.64. The lowest BCUT2D eigenvalue weighted by Gasteiger charge is -2.02. The largest absolute Gasteiger partial charge is 0.497 e. The number of nitrogens with one attached hydrogen (secondary N) is 2. The Bertz CT molecular complexity index is 300. The molecule has 12 heavy (non-hydrogen) atoms. The van der Waals surface area contributed by atoms with Gasteiger partial charge in [-0.3, -0.25) is 5.73 Å². The lowest BCUT2D eigenvalue weighted by molar-refractivity contribution is 0.415. The quantitative estimate of drug-likeness (QED) is 0.575. The van der Waals surface area contributed by atoms with E-state index in [9.17, 15) is 0 Å². The molecule has 64 valence electrons. The Morgan fingerprint density at radius 1 is 1.33 bits per heavy atom. The molecule has 1 atom stereocenters. The van der Waals surface area contributed by atoms with Gasteiger partial charge >= 0.3 is 0 Å². The summed E-state index contributed by atoms with van der Waals surface area (Å²) in [5.74, 6) is 0.831. The first-order valence-electron chi connectivity index (χ1n) is 3.76. The van der Waals surface area contributed by atoms with E-state index in [1.54, 1.807) is 7.11 Å². The predicted molar refractivity (Wildman–Crippen MR) is 48.2 cm³/mol. The first-order valence-corrected chi connectivity index (χ1v) is 3.76. The molecule has 0 aromatic heterocycles. The van der Waals surface area contributed by atoms with Crippen LogP contribution in [-0.4, -0.2) is 13.4 Å². The number of hydrogen-bond donors (Lipinski definition) is 3. The first kappa shape index (κ1) is 7.24. The van der Waals surface area contributed by atoms with Gasteiger partial charge in [0.1, 0.15) is 5.75 Å².